The van der Waals surface area contributed by atoms with Crippen molar-refractivity contribution in [3.63, 3.8) is 0 Å². The Morgan fingerprint density at radius 1 is 1.10 bits per heavy atom. The molecule has 2 aromatic rings. The topological polar surface area (TPSA) is 29.1 Å². The lowest BCUT2D eigenvalue weighted by atomic mass is 9.83. The molecule has 2 aromatic carbocycles. The Bertz CT molecular complexity index is 740. The minimum Gasteiger partial charge on any atom is -0.326 e. The highest BCUT2D eigenvalue weighted by Crippen LogP contribution is 2.43. The third-order valence-electron chi connectivity index (χ3n) is 4.15. The fraction of sp³-hybridized carbons (Fsp3) is 0.235. The molecule has 0 saturated carbocycles. The van der Waals surface area contributed by atoms with Crippen LogP contribution in [0, 0.1) is 13.8 Å². The van der Waals surface area contributed by atoms with Crippen LogP contribution in [0.15, 0.2) is 30.3 Å². The van der Waals surface area contributed by atoms with Crippen molar-refractivity contribution in [3.05, 3.63) is 62.6 Å². The van der Waals surface area contributed by atoms with E-state index >= 15 is 0 Å². The van der Waals surface area contributed by atoms with Crippen LogP contribution in [0.2, 0.25) is 10.0 Å². The molecule has 2 nitrogen and oxygen atoms in total. The second kappa shape index (κ2) is 5.36. The number of rotatable bonds is 1. The van der Waals surface area contributed by atoms with Gasteiger partial charge in [-0.3, -0.25) is 4.79 Å². The smallest absolute Gasteiger partial charge is 0.225 e. The maximum Gasteiger partial charge on any atom is 0.225 e. The van der Waals surface area contributed by atoms with Gasteiger partial charge in [-0.1, -0.05) is 47.5 Å². The van der Waals surface area contributed by atoms with Crippen molar-refractivity contribution in [1.29, 1.82) is 0 Å². The van der Waals surface area contributed by atoms with E-state index in [0.29, 0.717) is 16.5 Å². The SMILES string of the molecule is Cc1ccc2c(c1C)NC(=O)C[C@H]2c1cccc(Cl)c1Cl. The number of carbonyl (C=O) groups excluding carboxylic acids is 1. The summed E-state index contributed by atoms with van der Waals surface area (Å²) in [6.07, 6.45) is 0.384. The number of carbonyl (C=O) groups is 1. The molecule has 21 heavy (non-hydrogen) atoms. The lowest BCUT2D eigenvalue weighted by Crippen LogP contribution is -2.24. The highest BCUT2D eigenvalue weighted by molar-refractivity contribution is 6.42. The van der Waals surface area contributed by atoms with E-state index in [2.05, 4.69) is 17.4 Å². The van der Waals surface area contributed by atoms with Crippen LogP contribution in [0.4, 0.5) is 5.69 Å². The third kappa shape index (κ3) is 2.43. The van der Waals surface area contributed by atoms with Crippen molar-refractivity contribution in [2.24, 2.45) is 0 Å². The second-order valence-corrected chi connectivity index (χ2v) is 6.20. The summed E-state index contributed by atoms with van der Waals surface area (Å²) in [6.45, 7) is 4.06. The number of nitrogens with one attached hydrogen (secondary N) is 1. The van der Waals surface area contributed by atoms with E-state index in [0.717, 1.165) is 27.9 Å². The van der Waals surface area contributed by atoms with Gasteiger partial charge < -0.3 is 5.32 Å². The van der Waals surface area contributed by atoms with Gasteiger partial charge in [-0.2, -0.15) is 0 Å². The summed E-state index contributed by atoms with van der Waals surface area (Å²) in [5.74, 6) is -0.0449. The van der Waals surface area contributed by atoms with Gasteiger partial charge in [0.1, 0.15) is 0 Å². The molecule has 0 unspecified atom stereocenters. The molecule has 0 aromatic heterocycles. The molecule has 0 radical (unpaired) electrons. The molecule has 0 bridgehead atoms. The Morgan fingerprint density at radius 2 is 1.86 bits per heavy atom. The van der Waals surface area contributed by atoms with Crippen LogP contribution in [-0.4, -0.2) is 5.91 Å². The van der Waals surface area contributed by atoms with E-state index in [-0.39, 0.29) is 11.8 Å². The number of aryl methyl sites for hydroxylation is 1. The monoisotopic (exact) mass is 319 g/mol. The molecule has 0 spiro atoms. The zero-order chi connectivity index (χ0) is 15.1. The maximum absolute atomic E-state index is 12.1. The number of halogens is 2. The largest absolute Gasteiger partial charge is 0.326 e. The van der Waals surface area contributed by atoms with Crippen LogP contribution < -0.4 is 5.32 Å². The summed E-state index contributed by atoms with van der Waals surface area (Å²) < 4.78 is 0. The summed E-state index contributed by atoms with van der Waals surface area (Å²) in [4.78, 5) is 12.1. The molecule has 3 rings (SSSR count). The molecule has 1 heterocycles. The van der Waals surface area contributed by atoms with Crippen molar-refractivity contribution in [1.82, 2.24) is 0 Å². The van der Waals surface area contributed by atoms with Gasteiger partial charge in [0.15, 0.2) is 0 Å². The number of hydrogen-bond donors (Lipinski definition) is 1. The Kier molecular flexibility index (Phi) is 3.68. The third-order valence-corrected chi connectivity index (χ3v) is 4.99. The highest BCUT2D eigenvalue weighted by Gasteiger charge is 2.29. The van der Waals surface area contributed by atoms with Crippen LogP contribution in [0.3, 0.4) is 0 Å². The van der Waals surface area contributed by atoms with Gasteiger partial charge in [0.25, 0.3) is 0 Å². The Hall–Kier alpha value is -1.51. The predicted octanol–water partition coefficient (Wildman–Crippen LogP) is 5.08. The summed E-state index contributed by atoms with van der Waals surface area (Å²) in [5, 5.41) is 4.04. The first-order chi connectivity index (χ1) is 9.99. The summed E-state index contributed by atoms with van der Waals surface area (Å²) in [5.41, 5.74) is 5.17. The van der Waals surface area contributed by atoms with Crippen molar-refractivity contribution < 1.29 is 4.79 Å². The average Bonchev–Trinajstić information content (AvgIpc) is 2.46. The molecule has 0 aliphatic carbocycles. The number of hydrogen-bond acceptors (Lipinski definition) is 1. The van der Waals surface area contributed by atoms with Gasteiger partial charge in [-0.15, -0.1) is 0 Å². The number of benzene rings is 2. The quantitative estimate of drug-likeness (QED) is 0.779. The maximum atomic E-state index is 12.1. The van der Waals surface area contributed by atoms with Gasteiger partial charge in [0.2, 0.25) is 5.91 Å². The number of amides is 1. The Morgan fingerprint density at radius 3 is 2.62 bits per heavy atom. The van der Waals surface area contributed by atoms with E-state index in [1.807, 2.05) is 26.0 Å². The van der Waals surface area contributed by atoms with E-state index < -0.39 is 0 Å². The highest BCUT2D eigenvalue weighted by atomic mass is 35.5. The van der Waals surface area contributed by atoms with Crippen LogP contribution in [0.1, 0.15) is 34.6 Å². The zero-order valence-corrected chi connectivity index (χ0v) is 13.3. The second-order valence-electron chi connectivity index (χ2n) is 5.42. The minimum absolute atomic E-state index is 0.0113. The molecule has 1 aliphatic heterocycles. The fourth-order valence-corrected chi connectivity index (χ4v) is 3.29. The van der Waals surface area contributed by atoms with Crippen LogP contribution in [-0.2, 0) is 4.79 Å². The minimum atomic E-state index is -0.0563. The van der Waals surface area contributed by atoms with Gasteiger partial charge in [0, 0.05) is 18.0 Å². The molecule has 0 fully saturated rings. The molecular weight excluding hydrogens is 305 g/mol. The Labute approximate surface area is 134 Å². The fourth-order valence-electron chi connectivity index (χ4n) is 2.85. The molecule has 108 valence electrons. The van der Waals surface area contributed by atoms with Gasteiger partial charge in [0.05, 0.1) is 10.0 Å². The average molecular weight is 320 g/mol. The molecule has 1 N–H and O–H groups in total. The Balaban J connectivity index is 2.20. The van der Waals surface area contributed by atoms with Gasteiger partial charge in [-0.25, -0.2) is 0 Å². The van der Waals surface area contributed by atoms with Crippen LogP contribution in [0.25, 0.3) is 0 Å². The lowest BCUT2D eigenvalue weighted by molar-refractivity contribution is -0.116. The van der Waals surface area contributed by atoms with Crippen LogP contribution >= 0.6 is 23.2 Å². The predicted molar refractivity (Wildman–Crippen MR) is 87.5 cm³/mol. The van der Waals surface area contributed by atoms with Gasteiger partial charge >= 0.3 is 0 Å². The van der Waals surface area contributed by atoms with Crippen molar-refractivity contribution in [2.75, 3.05) is 5.32 Å². The molecular formula is C17H15Cl2NO. The summed E-state index contributed by atoms with van der Waals surface area (Å²) in [6, 6.07) is 9.72. The van der Waals surface area contributed by atoms with E-state index in [1.54, 1.807) is 6.07 Å². The first-order valence-electron chi connectivity index (χ1n) is 6.83. The normalized spacial score (nSPS) is 17.3. The molecule has 1 atom stereocenters. The van der Waals surface area contributed by atoms with E-state index in [1.165, 1.54) is 0 Å². The summed E-state index contributed by atoms with van der Waals surface area (Å²) >= 11 is 12.5. The lowest BCUT2D eigenvalue weighted by Gasteiger charge is -2.28. The zero-order valence-electron chi connectivity index (χ0n) is 11.8. The number of fused-ring (bicyclic) bond motifs is 1. The van der Waals surface area contributed by atoms with Crippen molar-refractivity contribution in [2.45, 2.75) is 26.2 Å². The first kappa shape index (κ1) is 14.4. The molecule has 4 heteroatoms. The molecule has 0 saturated heterocycles. The van der Waals surface area contributed by atoms with E-state index in [9.17, 15) is 4.79 Å². The molecule has 1 aliphatic rings. The molecule has 1 amide bonds. The van der Waals surface area contributed by atoms with Gasteiger partial charge in [-0.05, 0) is 42.2 Å². The number of anilines is 1. The van der Waals surface area contributed by atoms with E-state index in [4.69, 9.17) is 23.2 Å². The van der Waals surface area contributed by atoms with Crippen LogP contribution in [0.5, 0.6) is 0 Å². The van der Waals surface area contributed by atoms with Crippen molar-refractivity contribution in [3.8, 4) is 0 Å². The van der Waals surface area contributed by atoms with Crippen molar-refractivity contribution >= 4 is 34.8 Å². The first-order valence-corrected chi connectivity index (χ1v) is 7.58. The standard InChI is InChI=1S/C17H15Cl2NO/c1-9-6-7-12-13(8-15(21)20-17(12)10(9)2)11-4-3-5-14(18)16(11)19/h3-7,13H,8H2,1-2H3,(H,20,21)/t13-/m0/s1. The summed E-state index contributed by atoms with van der Waals surface area (Å²) in [7, 11) is 0.